The minimum Gasteiger partial charge on any atom is -0.449 e. The molecule has 0 heterocycles. The average Bonchev–Trinajstić information content (AvgIpc) is 2.10. The molecule has 0 bridgehead atoms. The molecule has 0 aliphatic rings. The summed E-state index contributed by atoms with van der Waals surface area (Å²) >= 11 is 0. The van der Waals surface area contributed by atoms with E-state index in [0.717, 1.165) is 12.8 Å². The highest BCUT2D eigenvalue weighted by atomic mass is 28.4. The molecule has 0 atom stereocenters. The van der Waals surface area contributed by atoms with E-state index in [4.69, 9.17) is 4.12 Å². The fourth-order valence-corrected chi connectivity index (χ4v) is 9.12. The molecule has 0 aliphatic carbocycles. The monoisotopic (exact) mass is 242 g/mol. The summed E-state index contributed by atoms with van der Waals surface area (Å²) in [5.41, 5.74) is 4.61. The van der Waals surface area contributed by atoms with Crippen LogP contribution < -0.4 is 0 Å². The van der Waals surface area contributed by atoms with Crippen LogP contribution in [0.25, 0.3) is 0 Å². The molecule has 1 nitrogen and oxygen atoms in total. The van der Waals surface area contributed by atoms with E-state index in [9.17, 15) is 0 Å². The average molecular weight is 243 g/mol. The molecule has 3 heteroatoms. The van der Waals surface area contributed by atoms with Crippen molar-refractivity contribution in [2.45, 2.75) is 52.9 Å². The van der Waals surface area contributed by atoms with E-state index in [-0.39, 0.29) is 0 Å². The highest BCUT2D eigenvalue weighted by Crippen LogP contribution is 2.17. The predicted molar refractivity (Wildman–Crippen MR) is 74.9 cm³/mol. The Hall–Kier alpha value is -0.126. The highest BCUT2D eigenvalue weighted by Gasteiger charge is 2.28. The first-order valence-corrected chi connectivity index (χ1v) is 11.9. The van der Waals surface area contributed by atoms with E-state index < -0.39 is 16.6 Å². The summed E-state index contributed by atoms with van der Waals surface area (Å²) in [6.07, 6.45) is 6.68. The van der Waals surface area contributed by atoms with E-state index in [2.05, 4.69) is 63.6 Å². The molecule has 0 aromatic rings. The maximum Gasteiger partial charge on any atom is 0.198 e. The van der Waals surface area contributed by atoms with Crippen molar-refractivity contribution in [2.24, 2.45) is 0 Å². The zero-order valence-electron chi connectivity index (χ0n) is 11.1. The van der Waals surface area contributed by atoms with Crippen LogP contribution in [0.3, 0.4) is 0 Å². The molecule has 0 fully saturated rings. The highest BCUT2D eigenvalue weighted by molar-refractivity contribution is 6.89. The second-order valence-corrected chi connectivity index (χ2v) is 12.8. The van der Waals surface area contributed by atoms with Crippen LogP contribution >= 0.6 is 0 Å². The summed E-state index contributed by atoms with van der Waals surface area (Å²) in [5.74, 6) is 0. The van der Waals surface area contributed by atoms with Crippen molar-refractivity contribution in [3.8, 4) is 0 Å². The van der Waals surface area contributed by atoms with Gasteiger partial charge in [-0.15, -0.1) is 0 Å². The molecular formula is C12H26OSi2. The van der Waals surface area contributed by atoms with Gasteiger partial charge in [-0.2, -0.15) is 0 Å². The van der Waals surface area contributed by atoms with Crippen molar-refractivity contribution in [1.82, 2.24) is 0 Å². The molecule has 0 radical (unpaired) electrons. The second-order valence-electron chi connectivity index (χ2n) is 4.93. The third-order valence-corrected chi connectivity index (χ3v) is 8.32. The van der Waals surface area contributed by atoms with Crippen LogP contribution in [0.5, 0.6) is 0 Å². The number of allylic oxidation sites excluding steroid dienone is 2. The quantitative estimate of drug-likeness (QED) is 0.626. The molecule has 88 valence electrons. The topological polar surface area (TPSA) is 9.23 Å². The van der Waals surface area contributed by atoms with E-state index in [1.807, 2.05) is 0 Å². The van der Waals surface area contributed by atoms with Crippen LogP contribution in [0.4, 0.5) is 0 Å². The Morgan fingerprint density at radius 2 is 1.13 bits per heavy atom. The Bertz CT molecular complexity index is 206. The smallest absolute Gasteiger partial charge is 0.198 e. The van der Waals surface area contributed by atoms with E-state index in [0.29, 0.717) is 0 Å². The third-order valence-electron chi connectivity index (χ3n) is 2.04. The summed E-state index contributed by atoms with van der Waals surface area (Å²) in [4.78, 5) is 0. The molecule has 0 spiro atoms. The van der Waals surface area contributed by atoms with Gasteiger partial charge in [0, 0.05) is 0 Å². The molecule has 15 heavy (non-hydrogen) atoms. The Kier molecular flexibility index (Phi) is 6.40. The number of hydrogen-bond donors (Lipinski definition) is 0. The summed E-state index contributed by atoms with van der Waals surface area (Å²) in [7, 11) is -3.16. The van der Waals surface area contributed by atoms with Crippen molar-refractivity contribution in [1.29, 1.82) is 0 Å². The first-order valence-electron chi connectivity index (χ1n) is 5.88. The van der Waals surface area contributed by atoms with Crippen LogP contribution in [-0.4, -0.2) is 16.6 Å². The number of hydrogen-bond acceptors (Lipinski definition) is 1. The van der Waals surface area contributed by atoms with Gasteiger partial charge in [0.05, 0.1) is 0 Å². The van der Waals surface area contributed by atoms with Crippen LogP contribution in [-0.2, 0) is 4.12 Å². The third kappa shape index (κ3) is 7.76. The van der Waals surface area contributed by atoms with Crippen molar-refractivity contribution in [3.63, 3.8) is 0 Å². The van der Waals surface area contributed by atoms with Gasteiger partial charge < -0.3 is 4.12 Å². The van der Waals surface area contributed by atoms with Crippen molar-refractivity contribution in [2.75, 3.05) is 0 Å². The Balaban J connectivity index is 4.42. The molecule has 0 saturated carbocycles. The Morgan fingerprint density at radius 3 is 1.40 bits per heavy atom. The van der Waals surface area contributed by atoms with Gasteiger partial charge in [0.1, 0.15) is 0 Å². The van der Waals surface area contributed by atoms with Gasteiger partial charge in [-0.25, -0.2) is 0 Å². The lowest BCUT2D eigenvalue weighted by Gasteiger charge is -2.29. The molecule has 0 aromatic carbocycles. The Labute approximate surface area is 97.5 Å². The number of rotatable bonds is 6. The normalized spacial score (nSPS) is 14.3. The minimum atomic E-state index is -1.58. The van der Waals surface area contributed by atoms with Gasteiger partial charge in [-0.1, -0.05) is 37.4 Å². The molecule has 0 saturated heterocycles. The van der Waals surface area contributed by atoms with E-state index in [1.54, 1.807) is 0 Å². The SMILES string of the molecule is CCC=C[Si](C)(C)O[Si](C)(C)C=CCC. The van der Waals surface area contributed by atoms with Crippen LogP contribution in [0.15, 0.2) is 23.6 Å². The van der Waals surface area contributed by atoms with Crippen LogP contribution in [0.1, 0.15) is 26.7 Å². The lowest BCUT2D eigenvalue weighted by Crippen LogP contribution is -2.42. The molecule has 0 unspecified atom stereocenters. The lowest BCUT2D eigenvalue weighted by molar-refractivity contribution is 0.570. The van der Waals surface area contributed by atoms with Crippen molar-refractivity contribution >= 4 is 16.6 Å². The molecule has 0 aliphatic heterocycles. The first-order chi connectivity index (χ1) is 6.83. The zero-order valence-corrected chi connectivity index (χ0v) is 13.1. The maximum absolute atomic E-state index is 6.33. The van der Waals surface area contributed by atoms with E-state index >= 15 is 0 Å². The minimum absolute atomic E-state index is 1.10. The van der Waals surface area contributed by atoms with Crippen LogP contribution in [0, 0.1) is 0 Å². The maximum atomic E-state index is 6.33. The molecule has 0 rings (SSSR count). The molecule has 0 amide bonds. The zero-order chi connectivity index (χ0) is 11.9. The van der Waals surface area contributed by atoms with E-state index in [1.165, 1.54) is 0 Å². The summed E-state index contributed by atoms with van der Waals surface area (Å²) in [6.45, 7) is 13.4. The predicted octanol–water partition coefficient (Wildman–Crippen LogP) is 4.42. The van der Waals surface area contributed by atoms with Gasteiger partial charge in [0.2, 0.25) is 0 Å². The fourth-order valence-electron chi connectivity index (χ4n) is 1.55. The van der Waals surface area contributed by atoms with Gasteiger partial charge >= 0.3 is 0 Å². The van der Waals surface area contributed by atoms with Crippen molar-refractivity contribution < 1.29 is 4.12 Å². The van der Waals surface area contributed by atoms with Gasteiger partial charge in [0.25, 0.3) is 0 Å². The lowest BCUT2D eigenvalue weighted by atomic mass is 10.5. The van der Waals surface area contributed by atoms with Crippen molar-refractivity contribution in [3.05, 3.63) is 23.6 Å². The van der Waals surface area contributed by atoms with Gasteiger partial charge in [-0.3, -0.25) is 0 Å². The fraction of sp³-hybridized carbons (Fsp3) is 0.667. The largest absolute Gasteiger partial charge is 0.449 e. The Morgan fingerprint density at radius 1 is 0.800 bits per heavy atom. The van der Waals surface area contributed by atoms with Gasteiger partial charge in [0.15, 0.2) is 16.6 Å². The second kappa shape index (κ2) is 6.45. The first kappa shape index (κ1) is 14.9. The molecular weight excluding hydrogens is 216 g/mol. The summed E-state index contributed by atoms with van der Waals surface area (Å²) in [6, 6.07) is 0. The molecule has 0 N–H and O–H groups in total. The standard InChI is InChI=1S/C12H26OSi2/c1-7-9-11-14(3,4)13-15(5,6)12-10-8-2/h9-12H,7-8H2,1-6H3. The molecule has 0 aromatic heterocycles. The summed E-state index contributed by atoms with van der Waals surface area (Å²) < 4.78 is 6.33. The van der Waals surface area contributed by atoms with Crippen LogP contribution in [0.2, 0.25) is 26.2 Å². The summed E-state index contributed by atoms with van der Waals surface area (Å²) in [5, 5.41) is 0. The van der Waals surface area contributed by atoms with Gasteiger partial charge in [-0.05, 0) is 39.0 Å².